The van der Waals surface area contributed by atoms with Gasteiger partial charge in [0, 0.05) is 11.3 Å². The zero-order valence-electron chi connectivity index (χ0n) is 13.1. The summed E-state index contributed by atoms with van der Waals surface area (Å²) in [7, 11) is 1.55. The molecule has 120 valence electrons. The van der Waals surface area contributed by atoms with E-state index < -0.39 is 5.97 Å². The average Bonchev–Trinajstić information content (AvgIpc) is 2.54. The number of para-hydroxylation sites is 1. The summed E-state index contributed by atoms with van der Waals surface area (Å²) in [5, 5.41) is 9.53. The van der Waals surface area contributed by atoms with Crippen molar-refractivity contribution < 1.29 is 19.4 Å². The maximum absolute atomic E-state index is 11.6. The number of hydrogen-bond acceptors (Lipinski definition) is 4. The molecular formula is C18H19NO4. The molecule has 3 N–H and O–H groups in total. The first-order chi connectivity index (χ1) is 11.1. The van der Waals surface area contributed by atoms with Crippen LogP contribution in [-0.2, 0) is 4.79 Å². The zero-order chi connectivity index (χ0) is 16.8. The topological polar surface area (TPSA) is 81.8 Å². The number of aliphatic carboxylic acids is 1. The molecule has 5 heteroatoms. The van der Waals surface area contributed by atoms with Crippen LogP contribution in [0, 0.1) is 0 Å². The van der Waals surface area contributed by atoms with Crippen LogP contribution in [0.3, 0.4) is 0 Å². The standard InChI is InChI=1S/C18H19NO4/c1-3-23-17-13(5-4-6-16(17)22-2)11-15(18(20)21)12-7-9-14(19)10-8-12/h4-11H,3,19H2,1-2H3,(H,20,21)/b15-11-. The molecule has 2 aromatic carbocycles. The van der Waals surface area contributed by atoms with Crippen molar-refractivity contribution in [1.29, 1.82) is 0 Å². The van der Waals surface area contributed by atoms with Gasteiger partial charge < -0.3 is 20.3 Å². The number of carbonyl (C=O) groups is 1. The van der Waals surface area contributed by atoms with Crippen molar-refractivity contribution in [1.82, 2.24) is 0 Å². The largest absolute Gasteiger partial charge is 0.493 e. The van der Waals surface area contributed by atoms with E-state index in [2.05, 4.69) is 0 Å². The average molecular weight is 313 g/mol. The second-order valence-corrected chi connectivity index (χ2v) is 4.80. The lowest BCUT2D eigenvalue weighted by molar-refractivity contribution is -0.130. The third-order valence-corrected chi connectivity index (χ3v) is 3.27. The predicted molar refractivity (Wildman–Crippen MR) is 90.5 cm³/mol. The lowest BCUT2D eigenvalue weighted by atomic mass is 10.0. The number of nitrogen functional groups attached to an aromatic ring is 1. The van der Waals surface area contributed by atoms with Crippen LogP contribution < -0.4 is 15.2 Å². The zero-order valence-corrected chi connectivity index (χ0v) is 13.1. The van der Waals surface area contributed by atoms with E-state index in [0.29, 0.717) is 34.9 Å². The summed E-state index contributed by atoms with van der Waals surface area (Å²) >= 11 is 0. The lowest BCUT2D eigenvalue weighted by Gasteiger charge is -2.13. The molecule has 0 saturated carbocycles. The van der Waals surface area contributed by atoms with Gasteiger partial charge in [0.05, 0.1) is 19.3 Å². The second-order valence-electron chi connectivity index (χ2n) is 4.80. The molecule has 0 bridgehead atoms. The quantitative estimate of drug-likeness (QED) is 0.486. The van der Waals surface area contributed by atoms with E-state index in [9.17, 15) is 9.90 Å². The maximum Gasteiger partial charge on any atom is 0.336 e. The predicted octanol–water partition coefficient (Wildman–Crippen LogP) is 3.30. The van der Waals surface area contributed by atoms with Crippen LogP contribution in [0.2, 0.25) is 0 Å². The first-order valence-electron chi connectivity index (χ1n) is 7.17. The Morgan fingerprint density at radius 2 is 1.91 bits per heavy atom. The highest BCUT2D eigenvalue weighted by atomic mass is 16.5. The van der Waals surface area contributed by atoms with Crippen LogP contribution in [0.1, 0.15) is 18.1 Å². The van der Waals surface area contributed by atoms with Gasteiger partial charge in [-0.2, -0.15) is 0 Å². The molecule has 0 saturated heterocycles. The smallest absolute Gasteiger partial charge is 0.336 e. The summed E-state index contributed by atoms with van der Waals surface area (Å²) in [6.07, 6.45) is 1.57. The van der Waals surface area contributed by atoms with Crippen molar-refractivity contribution in [3.63, 3.8) is 0 Å². The molecule has 0 aliphatic rings. The number of anilines is 1. The molecule has 0 amide bonds. The molecule has 2 rings (SSSR count). The van der Waals surface area contributed by atoms with Crippen molar-refractivity contribution >= 4 is 23.3 Å². The summed E-state index contributed by atoms with van der Waals surface area (Å²) in [5.41, 5.74) is 7.59. The van der Waals surface area contributed by atoms with E-state index in [-0.39, 0.29) is 5.57 Å². The van der Waals surface area contributed by atoms with Gasteiger partial charge in [0.25, 0.3) is 0 Å². The Balaban J connectivity index is 2.56. The Kier molecular flexibility index (Phi) is 5.25. The molecule has 0 spiro atoms. The van der Waals surface area contributed by atoms with Crippen molar-refractivity contribution in [2.75, 3.05) is 19.5 Å². The van der Waals surface area contributed by atoms with Crippen molar-refractivity contribution in [2.45, 2.75) is 6.92 Å². The number of benzene rings is 2. The minimum atomic E-state index is -1.03. The number of nitrogens with two attached hydrogens (primary N) is 1. The van der Waals surface area contributed by atoms with Gasteiger partial charge in [0.1, 0.15) is 0 Å². The van der Waals surface area contributed by atoms with Gasteiger partial charge in [-0.05, 0) is 36.8 Å². The highest BCUT2D eigenvalue weighted by molar-refractivity contribution is 6.20. The minimum Gasteiger partial charge on any atom is -0.493 e. The molecule has 0 radical (unpaired) electrons. The van der Waals surface area contributed by atoms with Crippen LogP contribution in [0.15, 0.2) is 42.5 Å². The van der Waals surface area contributed by atoms with Crippen LogP contribution in [0.25, 0.3) is 11.6 Å². The molecule has 0 atom stereocenters. The first-order valence-corrected chi connectivity index (χ1v) is 7.17. The van der Waals surface area contributed by atoms with Gasteiger partial charge >= 0.3 is 5.97 Å². The summed E-state index contributed by atoms with van der Waals surface area (Å²) in [6, 6.07) is 12.0. The number of ether oxygens (including phenoxy) is 2. The molecule has 0 aromatic heterocycles. The summed E-state index contributed by atoms with van der Waals surface area (Å²) in [6.45, 7) is 2.31. The molecular weight excluding hydrogens is 294 g/mol. The SMILES string of the molecule is CCOc1c(/C=C(\C(=O)O)c2ccc(N)cc2)cccc1OC. The third kappa shape index (κ3) is 3.83. The van der Waals surface area contributed by atoms with E-state index in [1.807, 2.05) is 6.92 Å². The van der Waals surface area contributed by atoms with Gasteiger partial charge in [-0.15, -0.1) is 0 Å². The number of carboxylic acids is 1. The molecule has 2 aromatic rings. The van der Waals surface area contributed by atoms with E-state index in [0.717, 1.165) is 0 Å². The molecule has 5 nitrogen and oxygen atoms in total. The Labute approximate surface area is 135 Å². The van der Waals surface area contributed by atoms with E-state index in [1.165, 1.54) is 0 Å². The van der Waals surface area contributed by atoms with Crippen LogP contribution >= 0.6 is 0 Å². The third-order valence-electron chi connectivity index (χ3n) is 3.27. The summed E-state index contributed by atoms with van der Waals surface area (Å²) in [5.74, 6) is 0.0504. The highest BCUT2D eigenvalue weighted by Gasteiger charge is 2.14. The molecule has 0 fully saturated rings. The van der Waals surface area contributed by atoms with Crippen LogP contribution in [0.4, 0.5) is 5.69 Å². The van der Waals surface area contributed by atoms with Crippen molar-refractivity contribution in [3.8, 4) is 11.5 Å². The van der Waals surface area contributed by atoms with Gasteiger partial charge in [-0.25, -0.2) is 4.79 Å². The number of methoxy groups -OCH3 is 1. The van der Waals surface area contributed by atoms with Crippen molar-refractivity contribution in [3.05, 3.63) is 53.6 Å². The highest BCUT2D eigenvalue weighted by Crippen LogP contribution is 2.34. The second kappa shape index (κ2) is 7.35. The van der Waals surface area contributed by atoms with E-state index >= 15 is 0 Å². The molecule has 23 heavy (non-hydrogen) atoms. The van der Waals surface area contributed by atoms with Crippen LogP contribution in [-0.4, -0.2) is 24.8 Å². The fourth-order valence-electron chi connectivity index (χ4n) is 2.19. The van der Waals surface area contributed by atoms with Gasteiger partial charge in [-0.3, -0.25) is 0 Å². The molecule has 0 aliphatic heterocycles. The Morgan fingerprint density at radius 1 is 1.22 bits per heavy atom. The van der Waals surface area contributed by atoms with Crippen LogP contribution in [0.5, 0.6) is 11.5 Å². The molecule has 0 heterocycles. The Hall–Kier alpha value is -2.95. The van der Waals surface area contributed by atoms with E-state index in [4.69, 9.17) is 15.2 Å². The van der Waals surface area contributed by atoms with Gasteiger partial charge in [-0.1, -0.05) is 24.3 Å². The fourth-order valence-corrected chi connectivity index (χ4v) is 2.19. The maximum atomic E-state index is 11.6. The Bertz CT molecular complexity index is 720. The number of carboxylic acid groups (broad SMARTS) is 1. The lowest BCUT2D eigenvalue weighted by Crippen LogP contribution is -2.02. The van der Waals surface area contributed by atoms with E-state index in [1.54, 1.807) is 55.7 Å². The normalized spacial score (nSPS) is 11.1. The van der Waals surface area contributed by atoms with Gasteiger partial charge in [0.15, 0.2) is 11.5 Å². The summed E-state index contributed by atoms with van der Waals surface area (Å²) < 4.78 is 10.9. The minimum absolute atomic E-state index is 0.152. The molecule has 0 aliphatic carbocycles. The van der Waals surface area contributed by atoms with Crippen molar-refractivity contribution in [2.24, 2.45) is 0 Å². The first kappa shape index (κ1) is 16.4. The number of hydrogen-bond donors (Lipinski definition) is 2. The molecule has 0 unspecified atom stereocenters. The fraction of sp³-hybridized carbons (Fsp3) is 0.167. The van der Waals surface area contributed by atoms with Gasteiger partial charge in [0.2, 0.25) is 0 Å². The number of rotatable bonds is 6. The Morgan fingerprint density at radius 3 is 2.48 bits per heavy atom. The summed E-state index contributed by atoms with van der Waals surface area (Å²) in [4.78, 5) is 11.6. The monoisotopic (exact) mass is 313 g/mol.